The number of amides is 3. The number of carbonyl (C=O) groups excluding carboxylic acids is 3. The molecule has 32 heavy (non-hydrogen) atoms. The molecule has 0 aromatic carbocycles. The van der Waals surface area contributed by atoms with Crippen LogP contribution in [0.3, 0.4) is 0 Å². The average molecular weight is 497 g/mol. The van der Waals surface area contributed by atoms with Crippen molar-refractivity contribution in [3.05, 3.63) is 38.9 Å². The van der Waals surface area contributed by atoms with Crippen LogP contribution in [0.4, 0.5) is 5.82 Å². The van der Waals surface area contributed by atoms with Gasteiger partial charge in [0.05, 0.1) is 10.7 Å². The number of nitrogens with one attached hydrogen (secondary N) is 3. The van der Waals surface area contributed by atoms with E-state index in [4.69, 9.17) is 11.6 Å². The lowest BCUT2D eigenvalue weighted by molar-refractivity contribution is -0.136. The Labute approximate surface area is 199 Å². The van der Waals surface area contributed by atoms with Crippen molar-refractivity contribution < 1.29 is 14.4 Å². The maximum Gasteiger partial charge on any atom is 0.314 e. The summed E-state index contributed by atoms with van der Waals surface area (Å²) < 4.78 is 0. The molecular weight excluding hydrogens is 472 g/mol. The van der Waals surface area contributed by atoms with Crippen LogP contribution in [0.1, 0.15) is 26.8 Å². The zero-order chi connectivity index (χ0) is 23.1. The number of fused-ring (bicyclic) bond motifs is 1. The van der Waals surface area contributed by atoms with Crippen molar-refractivity contribution in [3.8, 4) is 0 Å². The largest absolute Gasteiger partial charge is 0.346 e. The number of thioether (sulfide) groups is 1. The van der Waals surface area contributed by atoms with Gasteiger partial charge in [-0.2, -0.15) is 11.8 Å². The lowest BCUT2D eigenvalue weighted by Gasteiger charge is -2.20. The van der Waals surface area contributed by atoms with E-state index in [1.807, 2.05) is 13.3 Å². The van der Waals surface area contributed by atoms with Crippen molar-refractivity contribution in [2.24, 2.45) is 0 Å². The Morgan fingerprint density at radius 2 is 2.12 bits per heavy atom. The predicted octanol–water partition coefficient (Wildman–Crippen LogP) is 1.79. The second kappa shape index (κ2) is 11.6. The Balaban J connectivity index is 1.55. The van der Waals surface area contributed by atoms with E-state index >= 15 is 0 Å². The average Bonchev–Trinajstić information content (AvgIpc) is 3.20. The maximum atomic E-state index is 12.8. The number of hydrogen-bond donors (Lipinski definition) is 3. The summed E-state index contributed by atoms with van der Waals surface area (Å²) in [6, 6.07) is 2.73. The van der Waals surface area contributed by atoms with Crippen LogP contribution in [0, 0.1) is 0 Å². The van der Waals surface area contributed by atoms with Crippen LogP contribution in [0.15, 0.2) is 18.3 Å². The van der Waals surface area contributed by atoms with Crippen molar-refractivity contribution in [2.45, 2.75) is 25.4 Å². The first-order valence-corrected chi connectivity index (χ1v) is 12.6. The molecule has 0 bridgehead atoms. The second-order valence-electron chi connectivity index (χ2n) is 7.35. The quantitative estimate of drug-likeness (QED) is 0.477. The van der Waals surface area contributed by atoms with Gasteiger partial charge in [-0.3, -0.25) is 14.4 Å². The summed E-state index contributed by atoms with van der Waals surface area (Å²) in [7, 11) is 2.04. The number of aromatic nitrogens is 2. The number of likely N-dealkylation sites (N-methyl/N-ethyl adjacent to an activating group) is 1. The molecule has 3 amide bonds. The van der Waals surface area contributed by atoms with E-state index in [9.17, 15) is 14.4 Å². The Bertz CT molecular complexity index is 969. The third kappa shape index (κ3) is 6.89. The SMILES string of the molecule is CSCC[C@H](CNC(=O)C(=O)Nc1ccc(Cl)cn1)NC(=O)c1nc2c(s1)CN(C)CC2. The van der Waals surface area contributed by atoms with Gasteiger partial charge in [0.1, 0.15) is 5.82 Å². The fraction of sp³-hybridized carbons (Fsp3) is 0.450. The summed E-state index contributed by atoms with van der Waals surface area (Å²) in [4.78, 5) is 48.8. The monoisotopic (exact) mass is 496 g/mol. The molecule has 0 fully saturated rings. The molecule has 1 atom stereocenters. The van der Waals surface area contributed by atoms with Crippen molar-refractivity contribution in [3.63, 3.8) is 0 Å². The summed E-state index contributed by atoms with van der Waals surface area (Å²) in [5.74, 6) is -0.896. The number of carbonyl (C=O) groups is 3. The van der Waals surface area contributed by atoms with E-state index < -0.39 is 11.8 Å². The van der Waals surface area contributed by atoms with Gasteiger partial charge in [-0.15, -0.1) is 11.3 Å². The summed E-state index contributed by atoms with van der Waals surface area (Å²) in [5, 5.41) is 8.79. The second-order valence-corrected chi connectivity index (χ2v) is 9.86. The third-order valence-corrected chi connectivity index (χ3v) is 6.75. The first-order valence-electron chi connectivity index (χ1n) is 10.0. The van der Waals surface area contributed by atoms with Gasteiger partial charge in [0, 0.05) is 43.2 Å². The van der Waals surface area contributed by atoms with Crippen LogP contribution in [-0.4, -0.2) is 70.8 Å². The zero-order valence-corrected chi connectivity index (χ0v) is 20.2. The summed E-state index contributed by atoms with van der Waals surface area (Å²) >= 11 is 8.81. The van der Waals surface area contributed by atoms with Crippen molar-refractivity contribution in [1.29, 1.82) is 0 Å². The number of pyridine rings is 1. The number of halogens is 1. The van der Waals surface area contributed by atoms with Gasteiger partial charge < -0.3 is 20.9 Å². The van der Waals surface area contributed by atoms with Crippen molar-refractivity contribution >= 4 is 58.2 Å². The maximum absolute atomic E-state index is 12.8. The van der Waals surface area contributed by atoms with Crippen LogP contribution in [0.2, 0.25) is 5.02 Å². The van der Waals surface area contributed by atoms with E-state index in [2.05, 4.69) is 30.8 Å². The van der Waals surface area contributed by atoms with E-state index in [1.54, 1.807) is 17.8 Å². The van der Waals surface area contributed by atoms with Crippen LogP contribution in [-0.2, 0) is 22.6 Å². The number of nitrogens with zero attached hydrogens (tertiary/aromatic N) is 3. The minimum atomic E-state index is -0.841. The Morgan fingerprint density at radius 3 is 2.84 bits per heavy atom. The number of anilines is 1. The lowest BCUT2D eigenvalue weighted by Crippen LogP contribution is -2.46. The minimum absolute atomic E-state index is 0.125. The molecular formula is C20H25ClN6O3S2. The molecule has 0 radical (unpaired) electrons. The molecule has 172 valence electrons. The van der Waals surface area contributed by atoms with Gasteiger partial charge in [-0.05, 0) is 37.6 Å². The van der Waals surface area contributed by atoms with E-state index in [0.717, 1.165) is 35.8 Å². The fourth-order valence-electron chi connectivity index (χ4n) is 3.07. The first-order chi connectivity index (χ1) is 15.4. The number of hydrogen-bond acceptors (Lipinski definition) is 8. The molecule has 0 aliphatic carbocycles. The molecule has 2 aromatic heterocycles. The van der Waals surface area contributed by atoms with Crippen molar-refractivity contribution in [2.75, 3.05) is 37.5 Å². The highest BCUT2D eigenvalue weighted by atomic mass is 35.5. The topological polar surface area (TPSA) is 116 Å². The zero-order valence-electron chi connectivity index (χ0n) is 17.8. The first kappa shape index (κ1) is 24.4. The van der Waals surface area contributed by atoms with Gasteiger partial charge in [-0.1, -0.05) is 11.6 Å². The Morgan fingerprint density at radius 1 is 1.31 bits per heavy atom. The van der Waals surface area contributed by atoms with Gasteiger partial charge in [0.2, 0.25) is 0 Å². The van der Waals surface area contributed by atoms with Gasteiger partial charge in [0.15, 0.2) is 5.01 Å². The minimum Gasteiger partial charge on any atom is -0.346 e. The number of thiazole rings is 1. The van der Waals surface area contributed by atoms with Crippen LogP contribution >= 0.6 is 34.7 Å². The molecule has 9 nitrogen and oxygen atoms in total. The molecule has 3 rings (SSSR count). The number of rotatable bonds is 8. The molecule has 0 saturated heterocycles. The molecule has 0 spiro atoms. The smallest absolute Gasteiger partial charge is 0.314 e. The molecule has 1 aliphatic heterocycles. The molecule has 12 heteroatoms. The molecule has 2 aromatic rings. The van der Waals surface area contributed by atoms with Gasteiger partial charge in [0.25, 0.3) is 5.91 Å². The van der Waals surface area contributed by atoms with Crippen LogP contribution in [0.25, 0.3) is 0 Å². The third-order valence-electron chi connectivity index (χ3n) is 4.81. The highest BCUT2D eigenvalue weighted by Gasteiger charge is 2.23. The summed E-state index contributed by atoms with van der Waals surface area (Å²) in [6.45, 7) is 1.85. The highest BCUT2D eigenvalue weighted by molar-refractivity contribution is 7.98. The van der Waals surface area contributed by atoms with E-state index in [-0.39, 0.29) is 24.3 Å². The molecule has 0 saturated carbocycles. The van der Waals surface area contributed by atoms with Gasteiger partial charge >= 0.3 is 11.8 Å². The normalized spacial score (nSPS) is 14.3. The predicted molar refractivity (Wildman–Crippen MR) is 127 cm³/mol. The fourth-order valence-corrected chi connectivity index (χ4v) is 4.80. The van der Waals surface area contributed by atoms with Crippen LogP contribution < -0.4 is 16.0 Å². The highest BCUT2D eigenvalue weighted by Crippen LogP contribution is 2.24. The molecule has 3 N–H and O–H groups in total. The summed E-state index contributed by atoms with van der Waals surface area (Å²) in [5.41, 5.74) is 0.986. The lowest BCUT2D eigenvalue weighted by atomic mass is 10.2. The summed E-state index contributed by atoms with van der Waals surface area (Å²) in [6.07, 6.45) is 4.81. The van der Waals surface area contributed by atoms with E-state index in [0.29, 0.717) is 16.5 Å². The molecule has 3 heterocycles. The Hall–Kier alpha value is -2.21. The Kier molecular flexibility index (Phi) is 8.85. The van der Waals surface area contributed by atoms with E-state index in [1.165, 1.54) is 23.6 Å². The van der Waals surface area contributed by atoms with Crippen LogP contribution in [0.5, 0.6) is 0 Å². The molecule has 0 unspecified atom stereocenters. The molecule has 1 aliphatic rings. The standard InChI is InChI=1S/C20H25ClN6O3S2/c1-27-7-5-14-15(11-27)32-20(25-14)19(30)24-13(6-8-31-2)10-23-17(28)18(29)26-16-4-3-12(21)9-22-16/h3-4,9,13H,5-8,10-11H2,1-2H3,(H,23,28)(H,24,30)(H,22,26,29)/t13-/m1/s1. The van der Waals surface area contributed by atoms with Gasteiger partial charge in [-0.25, -0.2) is 9.97 Å². The van der Waals surface area contributed by atoms with Crippen molar-refractivity contribution in [1.82, 2.24) is 25.5 Å².